The highest BCUT2D eigenvalue weighted by atomic mass is 79.9. The van der Waals surface area contributed by atoms with Crippen LogP contribution >= 0.6 is 27.5 Å². The van der Waals surface area contributed by atoms with Gasteiger partial charge in [-0.3, -0.25) is 4.79 Å². The average molecular weight is 353 g/mol. The van der Waals surface area contributed by atoms with E-state index < -0.39 is 0 Å². The van der Waals surface area contributed by atoms with Crippen LogP contribution < -0.4 is 5.32 Å². The van der Waals surface area contributed by atoms with Crippen LogP contribution in [0.4, 0.5) is 5.69 Å². The van der Waals surface area contributed by atoms with Gasteiger partial charge in [-0.05, 0) is 48.7 Å². The molecule has 0 aromatic heterocycles. The monoisotopic (exact) mass is 351 g/mol. The lowest BCUT2D eigenvalue weighted by atomic mass is 10.1. The third-order valence-electron chi connectivity index (χ3n) is 2.89. The van der Waals surface area contributed by atoms with Gasteiger partial charge in [0.25, 0.3) is 0 Å². The predicted molar refractivity (Wildman–Crippen MR) is 87.2 cm³/mol. The number of benzene rings is 2. The van der Waals surface area contributed by atoms with E-state index in [9.17, 15) is 4.79 Å². The lowest BCUT2D eigenvalue weighted by molar-refractivity contribution is -0.116. The Morgan fingerprint density at radius 1 is 1.15 bits per heavy atom. The van der Waals surface area contributed by atoms with Crippen LogP contribution in [0.15, 0.2) is 53.0 Å². The lowest BCUT2D eigenvalue weighted by Crippen LogP contribution is -2.11. The van der Waals surface area contributed by atoms with E-state index in [1.807, 2.05) is 48.5 Å². The summed E-state index contributed by atoms with van der Waals surface area (Å²) in [6.07, 6.45) is 2.21. The second-order valence-electron chi connectivity index (χ2n) is 4.54. The van der Waals surface area contributed by atoms with Gasteiger partial charge in [-0.25, -0.2) is 0 Å². The highest BCUT2D eigenvalue weighted by Gasteiger charge is 2.03. The number of anilines is 1. The quantitative estimate of drug-likeness (QED) is 0.800. The molecule has 0 fully saturated rings. The molecule has 2 nitrogen and oxygen atoms in total. The van der Waals surface area contributed by atoms with E-state index in [0.29, 0.717) is 6.42 Å². The van der Waals surface area contributed by atoms with Gasteiger partial charge in [0.2, 0.25) is 5.91 Å². The Morgan fingerprint density at radius 3 is 2.60 bits per heavy atom. The summed E-state index contributed by atoms with van der Waals surface area (Å²) in [5, 5.41) is 3.63. The third-order valence-corrected chi connectivity index (χ3v) is 3.64. The zero-order chi connectivity index (χ0) is 14.4. The second-order valence-corrected chi connectivity index (χ2v) is 5.89. The van der Waals surface area contributed by atoms with Gasteiger partial charge in [-0.1, -0.05) is 45.7 Å². The Bertz CT molecular complexity index is 583. The molecule has 0 unspecified atom stereocenters. The molecule has 104 valence electrons. The summed E-state index contributed by atoms with van der Waals surface area (Å²) in [5.74, 6) is 0.0389. The molecule has 20 heavy (non-hydrogen) atoms. The topological polar surface area (TPSA) is 29.1 Å². The first-order valence-corrected chi connectivity index (χ1v) is 7.60. The first kappa shape index (κ1) is 15.1. The molecule has 0 spiro atoms. The summed E-state index contributed by atoms with van der Waals surface area (Å²) < 4.78 is 0.955. The van der Waals surface area contributed by atoms with Gasteiger partial charge in [-0.2, -0.15) is 0 Å². The van der Waals surface area contributed by atoms with Gasteiger partial charge in [0.1, 0.15) is 0 Å². The van der Waals surface area contributed by atoms with Crippen molar-refractivity contribution < 1.29 is 4.79 Å². The summed E-state index contributed by atoms with van der Waals surface area (Å²) in [6, 6.07) is 15.3. The van der Waals surface area contributed by atoms with Crippen molar-refractivity contribution in [2.45, 2.75) is 19.3 Å². The summed E-state index contributed by atoms with van der Waals surface area (Å²) >= 11 is 9.21. The van der Waals surface area contributed by atoms with Crippen molar-refractivity contribution in [3.63, 3.8) is 0 Å². The molecule has 0 saturated heterocycles. The molecule has 0 aliphatic carbocycles. The van der Waals surface area contributed by atoms with E-state index in [-0.39, 0.29) is 5.91 Å². The van der Waals surface area contributed by atoms with Gasteiger partial charge in [0, 0.05) is 21.6 Å². The van der Waals surface area contributed by atoms with E-state index in [1.54, 1.807) is 0 Å². The highest BCUT2D eigenvalue weighted by Crippen LogP contribution is 2.16. The zero-order valence-electron chi connectivity index (χ0n) is 10.9. The molecule has 0 saturated carbocycles. The Balaban J connectivity index is 1.76. The summed E-state index contributed by atoms with van der Waals surface area (Å²) in [4.78, 5) is 11.8. The number of hydrogen-bond donors (Lipinski definition) is 1. The fraction of sp³-hybridized carbons (Fsp3) is 0.188. The summed E-state index contributed by atoms with van der Waals surface area (Å²) in [7, 11) is 0. The maximum absolute atomic E-state index is 11.8. The van der Waals surface area contributed by atoms with Crippen LogP contribution in [0, 0.1) is 0 Å². The number of nitrogens with one attached hydrogen (secondary N) is 1. The van der Waals surface area contributed by atoms with E-state index in [2.05, 4.69) is 21.2 Å². The van der Waals surface area contributed by atoms with Crippen LogP contribution in [0.5, 0.6) is 0 Å². The van der Waals surface area contributed by atoms with Gasteiger partial charge in [0.05, 0.1) is 0 Å². The summed E-state index contributed by atoms with van der Waals surface area (Å²) in [5.41, 5.74) is 2.01. The normalized spacial score (nSPS) is 10.3. The minimum Gasteiger partial charge on any atom is -0.326 e. The van der Waals surface area contributed by atoms with Crippen LogP contribution in [-0.2, 0) is 11.2 Å². The zero-order valence-corrected chi connectivity index (χ0v) is 13.2. The minimum absolute atomic E-state index is 0.0389. The van der Waals surface area contributed by atoms with Crippen molar-refractivity contribution in [1.82, 2.24) is 0 Å². The first-order chi connectivity index (χ1) is 9.63. The molecule has 0 radical (unpaired) electrons. The molecule has 0 bridgehead atoms. The Kier molecular flexibility index (Phi) is 5.62. The van der Waals surface area contributed by atoms with Crippen molar-refractivity contribution in [3.05, 3.63) is 63.6 Å². The van der Waals surface area contributed by atoms with Crippen molar-refractivity contribution in [3.8, 4) is 0 Å². The fourth-order valence-corrected chi connectivity index (χ4v) is 2.42. The molecule has 1 N–H and O–H groups in total. The molecular formula is C16H15BrClNO. The van der Waals surface area contributed by atoms with Crippen LogP contribution in [-0.4, -0.2) is 5.91 Å². The third kappa shape index (κ3) is 4.99. The van der Waals surface area contributed by atoms with Gasteiger partial charge >= 0.3 is 0 Å². The number of amides is 1. The van der Waals surface area contributed by atoms with Gasteiger partial charge < -0.3 is 5.32 Å². The number of carbonyl (C=O) groups excluding carboxylic acids is 1. The van der Waals surface area contributed by atoms with E-state index >= 15 is 0 Å². The maximum atomic E-state index is 11.8. The van der Waals surface area contributed by atoms with Crippen molar-refractivity contribution in [2.24, 2.45) is 0 Å². The molecule has 4 heteroatoms. The standard InChI is InChI=1S/C16H15BrClNO/c17-13-4-2-5-15(11-13)19-16(20)6-1-3-12-7-9-14(18)10-8-12/h2,4-5,7-11H,1,3,6H2,(H,19,20). The number of carbonyl (C=O) groups is 1. The predicted octanol–water partition coefficient (Wildman–Crippen LogP) is 5.06. The van der Waals surface area contributed by atoms with Crippen molar-refractivity contribution >= 4 is 39.1 Å². The average Bonchev–Trinajstić information content (AvgIpc) is 2.41. The largest absolute Gasteiger partial charge is 0.326 e. The molecule has 2 aromatic carbocycles. The molecule has 2 rings (SSSR count). The Hall–Kier alpha value is -1.32. The number of rotatable bonds is 5. The fourth-order valence-electron chi connectivity index (χ4n) is 1.89. The van der Waals surface area contributed by atoms with Crippen molar-refractivity contribution in [1.29, 1.82) is 0 Å². The molecule has 0 atom stereocenters. The lowest BCUT2D eigenvalue weighted by Gasteiger charge is -2.06. The van der Waals surface area contributed by atoms with E-state index in [4.69, 9.17) is 11.6 Å². The Labute approximate surface area is 132 Å². The Morgan fingerprint density at radius 2 is 1.90 bits per heavy atom. The first-order valence-electron chi connectivity index (χ1n) is 6.43. The van der Waals surface area contributed by atoms with Crippen molar-refractivity contribution in [2.75, 3.05) is 5.32 Å². The summed E-state index contributed by atoms with van der Waals surface area (Å²) in [6.45, 7) is 0. The molecule has 0 aliphatic heterocycles. The maximum Gasteiger partial charge on any atom is 0.224 e. The highest BCUT2D eigenvalue weighted by molar-refractivity contribution is 9.10. The van der Waals surface area contributed by atoms with Crippen LogP contribution in [0.1, 0.15) is 18.4 Å². The van der Waals surface area contributed by atoms with E-state index in [1.165, 1.54) is 5.56 Å². The molecule has 1 amide bonds. The molecule has 0 aliphatic rings. The number of halogens is 2. The van der Waals surface area contributed by atoms with Crippen LogP contribution in [0.2, 0.25) is 5.02 Å². The second kappa shape index (κ2) is 7.46. The number of hydrogen-bond acceptors (Lipinski definition) is 1. The molecule has 0 heterocycles. The number of aryl methyl sites for hydroxylation is 1. The van der Waals surface area contributed by atoms with E-state index in [0.717, 1.165) is 28.0 Å². The van der Waals surface area contributed by atoms with Crippen LogP contribution in [0.3, 0.4) is 0 Å². The minimum atomic E-state index is 0.0389. The smallest absolute Gasteiger partial charge is 0.224 e. The van der Waals surface area contributed by atoms with Crippen LogP contribution in [0.25, 0.3) is 0 Å². The molecule has 2 aromatic rings. The SMILES string of the molecule is O=C(CCCc1ccc(Cl)cc1)Nc1cccc(Br)c1. The molecular weight excluding hydrogens is 338 g/mol. The van der Waals surface area contributed by atoms with Gasteiger partial charge in [0.15, 0.2) is 0 Å². The van der Waals surface area contributed by atoms with Gasteiger partial charge in [-0.15, -0.1) is 0 Å².